The van der Waals surface area contributed by atoms with E-state index in [0.29, 0.717) is 41.2 Å². The summed E-state index contributed by atoms with van der Waals surface area (Å²) in [5, 5.41) is 2.34. The normalized spacial score (nSPS) is 16.3. The third-order valence-corrected chi connectivity index (χ3v) is 9.20. The van der Waals surface area contributed by atoms with Crippen molar-refractivity contribution >= 4 is 59.8 Å². The van der Waals surface area contributed by atoms with Crippen molar-refractivity contribution in [3.05, 3.63) is 59.4 Å². The Balaban J connectivity index is 1.28. The van der Waals surface area contributed by atoms with Crippen LogP contribution in [0.4, 0.5) is 5.82 Å². The Morgan fingerprint density at radius 2 is 1.84 bits per heavy atom. The molecule has 0 bridgehead atoms. The number of rotatable bonds is 4. The fraction of sp³-hybridized carbons (Fsp3) is 0.238. The number of anilines is 1. The third kappa shape index (κ3) is 3.99. The lowest BCUT2D eigenvalue weighted by molar-refractivity contribution is 0.182. The van der Waals surface area contributed by atoms with Gasteiger partial charge in [0.2, 0.25) is 0 Å². The topological polar surface area (TPSA) is 92.4 Å². The fourth-order valence-corrected chi connectivity index (χ4v) is 7.09. The van der Waals surface area contributed by atoms with E-state index < -0.39 is 10.0 Å². The first kappa shape index (κ1) is 20.6. The Morgan fingerprint density at radius 1 is 1.03 bits per heavy atom. The van der Waals surface area contributed by atoms with Crippen LogP contribution in [0.5, 0.6) is 0 Å². The van der Waals surface area contributed by atoms with E-state index in [9.17, 15) is 8.42 Å². The molecule has 160 valence electrons. The summed E-state index contributed by atoms with van der Waals surface area (Å²) < 4.78 is 29.1. The highest BCUT2D eigenvalue weighted by Crippen LogP contribution is 2.33. The van der Waals surface area contributed by atoms with Gasteiger partial charge in [-0.1, -0.05) is 23.7 Å². The summed E-state index contributed by atoms with van der Waals surface area (Å²) in [7, 11) is -3.52. The van der Waals surface area contributed by atoms with Crippen LogP contribution in [0, 0.1) is 0 Å². The van der Waals surface area contributed by atoms with Crippen LogP contribution in [0.1, 0.15) is 5.56 Å². The lowest BCUT2D eigenvalue weighted by atomic mass is 10.1. The van der Waals surface area contributed by atoms with Gasteiger partial charge < -0.3 is 5.73 Å². The van der Waals surface area contributed by atoms with E-state index in [2.05, 4.69) is 14.9 Å². The molecule has 2 aromatic heterocycles. The van der Waals surface area contributed by atoms with Crippen LogP contribution in [0.3, 0.4) is 0 Å². The zero-order chi connectivity index (χ0) is 21.6. The van der Waals surface area contributed by atoms with E-state index in [1.807, 2.05) is 24.3 Å². The van der Waals surface area contributed by atoms with Crippen molar-refractivity contribution in [2.24, 2.45) is 0 Å². The molecule has 5 rings (SSSR count). The second-order valence-electron chi connectivity index (χ2n) is 7.54. The number of nitrogen functional groups attached to an aromatic ring is 1. The van der Waals surface area contributed by atoms with Crippen LogP contribution in [0.25, 0.3) is 21.0 Å². The van der Waals surface area contributed by atoms with Crippen LogP contribution in [-0.2, 0) is 16.6 Å². The number of hydrogen-bond donors (Lipinski definition) is 1. The molecule has 0 spiro atoms. The quantitative estimate of drug-likeness (QED) is 0.487. The number of hydrogen-bond acceptors (Lipinski definition) is 7. The van der Waals surface area contributed by atoms with E-state index >= 15 is 0 Å². The molecule has 7 nitrogen and oxygen atoms in total. The SMILES string of the molecule is Nc1ncnc2cc(CN3CCN(S(=O)(=O)c4cc5ccc(Cl)cc5s4)CC3)ccc12. The van der Waals surface area contributed by atoms with Gasteiger partial charge in [0, 0.05) is 47.8 Å². The number of sulfonamides is 1. The second-order valence-corrected chi connectivity index (χ2v) is 11.2. The molecule has 4 aromatic rings. The molecule has 1 aliphatic rings. The maximum atomic E-state index is 13.1. The van der Waals surface area contributed by atoms with E-state index in [-0.39, 0.29) is 0 Å². The van der Waals surface area contributed by atoms with Crippen LogP contribution < -0.4 is 5.73 Å². The average molecular weight is 474 g/mol. The van der Waals surface area contributed by atoms with Gasteiger partial charge >= 0.3 is 0 Å². The van der Waals surface area contributed by atoms with Gasteiger partial charge in [0.05, 0.1) is 5.52 Å². The van der Waals surface area contributed by atoms with Crippen molar-refractivity contribution in [1.29, 1.82) is 0 Å². The second kappa shape index (κ2) is 7.99. The fourth-order valence-electron chi connectivity index (χ4n) is 3.84. The van der Waals surface area contributed by atoms with Gasteiger partial charge in [0.25, 0.3) is 10.0 Å². The number of nitrogens with two attached hydrogens (primary N) is 1. The summed E-state index contributed by atoms with van der Waals surface area (Å²) >= 11 is 7.31. The molecule has 1 aliphatic heterocycles. The van der Waals surface area contributed by atoms with Crippen molar-refractivity contribution in [3.8, 4) is 0 Å². The van der Waals surface area contributed by atoms with E-state index in [4.69, 9.17) is 17.3 Å². The minimum absolute atomic E-state index is 0.366. The van der Waals surface area contributed by atoms with Crippen molar-refractivity contribution in [2.45, 2.75) is 10.8 Å². The average Bonchev–Trinajstić information content (AvgIpc) is 3.18. The monoisotopic (exact) mass is 473 g/mol. The zero-order valence-corrected chi connectivity index (χ0v) is 18.9. The summed E-state index contributed by atoms with van der Waals surface area (Å²) in [4.78, 5) is 10.6. The van der Waals surface area contributed by atoms with Crippen molar-refractivity contribution < 1.29 is 8.42 Å². The van der Waals surface area contributed by atoms with Gasteiger partial charge in [-0.25, -0.2) is 18.4 Å². The standard InChI is InChI=1S/C21H20ClN5O2S2/c22-16-3-2-15-10-20(30-19(15)11-16)31(28,29)27-7-5-26(6-8-27)12-14-1-4-17-18(9-14)24-13-25-21(17)23/h1-4,9-11,13H,5-8,12H2,(H2,23,24,25). The first-order valence-electron chi connectivity index (χ1n) is 9.81. The van der Waals surface area contributed by atoms with Crippen LogP contribution in [-0.4, -0.2) is 53.8 Å². The summed E-state index contributed by atoms with van der Waals surface area (Å²) in [6, 6.07) is 13.1. The summed E-state index contributed by atoms with van der Waals surface area (Å²) in [6.45, 7) is 2.98. The van der Waals surface area contributed by atoms with Crippen LogP contribution in [0.2, 0.25) is 5.02 Å². The number of nitrogens with zero attached hydrogens (tertiary/aromatic N) is 4. The highest BCUT2D eigenvalue weighted by Gasteiger charge is 2.30. The molecule has 0 amide bonds. The molecule has 10 heteroatoms. The number of piperazine rings is 1. The molecule has 0 saturated carbocycles. The van der Waals surface area contributed by atoms with Gasteiger partial charge in [-0.15, -0.1) is 11.3 Å². The molecule has 0 aliphatic carbocycles. The highest BCUT2D eigenvalue weighted by molar-refractivity contribution is 7.91. The van der Waals surface area contributed by atoms with Crippen molar-refractivity contribution in [3.63, 3.8) is 0 Å². The molecular weight excluding hydrogens is 454 g/mol. The molecule has 1 fully saturated rings. The van der Waals surface area contributed by atoms with Crippen molar-refractivity contribution in [1.82, 2.24) is 19.2 Å². The maximum absolute atomic E-state index is 13.1. The first-order chi connectivity index (χ1) is 14.9. The van der Waals surface area contributed by atoms with Crippen LogP contribution >= 0.6 is 22.9 Å². The molecule has 2 aromatic carbocycles. The largest absolute Gasteiger partial charge is 0.383 e. The minimum atomic E-state index is -3.52. The van der Waals surface area contributed by atoms with Crippen molar-refractivity contribution in [2.75, 3.05) is 31.9 Å². The van der Waals surface area contributed by atoms with Gasteiger partial charge in [-0.05, 0) is 41.3 Å². The van der Waals surface area contributed by atoms with Gasteiger partial charge in [-0.2, -0.15) is 4.31 Å². The first-order valence-corrected chi connectivity index (χ1v) is 12.4. The molecule has 2 N–H and O–H groups in total. The Labute approximate surface area is 189 Å². The molecule has 1 saturated heterocycles. The van der Waals surface area contributed by atoms with E-state index in [1.54, 1.807) is 22.5 Å². The van der Waals surface area contributed by atoms with Gasteiger partial charge in [-0.3, -0.25) is 4.90 Å². The summed E-state index contributed by atoms with van der Waals surface area (Å²) in [5.41, 5.74) is 7.83. The Bertz CT molecular complexity index is 1380. The molecule has 0 radical (unpaired) electrons. The Kier molecular flexibility index (Phi) is 5.31. The van der Waals surface area contributed by atoms with Gasteiger partial charge in [0.1, 0.15) is 16.4 Å². The minimum Gasteiger partial charge on any atom is -0.383 e. The molecule has 0 atom stereocenters. The predicted molar refractivity (Wildman–Crippen MR) is 125 cm³/mol. The summed E-state index contributed by atoms with van der Waals surface area (Å²) in [5.74, 6) is 0.471. The number of aromatic nitrogens is 2. The third-order valence-electron chi connectivity index (χ3n) is 5.52. The Morgan fingerprint density at radius 3 is 2.65 bits per heavy atom. The molecular formula is C21H20ClN5O2S2. The maximum Gasteiger partial charge on any atom is 0.252 e. The Hall–Kier alpha value is -2.30. The summed E-state index contributed by atoms with van der Waals surface area (Å²) in [6.07, 6.45) is 1.47. The molecule has 3 heterocycles. The lowest BCUT2D eigenvalue weighted by Gasteiger charge is -2.33. The van der Waals surface area contributed by atoms with E-state index in [0.717, 1.165) is 33.1 Å². The van der Waals surface area contributed by atoms with Gasteiger partial charge in [0.15, 0.2) is 0 Å². The molecule has 0 unspecified atom stereocenters. The number of fused-ring (bicyclic) bond motifs is 2. The smallest absolute Gasteiger partial charge is 0.252 e. The number of halogens is 1. The molecule has 31 heavy (non-hydrogen) atoms. The lowest BCUT2D eigenvalue weighted by Crippen LogP contribution is -2.48. The van der Waals surface area contributed by atoms with Crippen LogP contribution in [0.15, 0.2) is 53.0 Å². The highest BCUT2D eigenvalue weighted by atomic mass is 35.5. The number of thiophene rings is 1. The van der Waals surface area contributed by atoms with E-state index in [1.165, 1.54) is 17.7 Å². The zero-order valence-electron chi connectivity index (χ0n) is 16.5. The predicted octanol–water partition coefficient (Wildman–Crippen LogP) is 3.59. The number of benzene rings is 2.